The van der Waals surface area contributed by atoms with E-state index in [9.17, 15) is 24.0 Å². The van der Waals surface area contributed by atoms with E-state index in [4.69, 9.17) is 14.2 Å². The Bertz CT molecular complexity index is 1340. The quantitative estimate of drug-likeness (QED) is 0.0212. The van der Waals surface area contributed by atoms with Gasteiger partial charge in [-0.05, 0) is 83.3 Å². The summed E-state index contributed by atoms with van der Waals surface area (Å²) in [4.78, 5) is 65.3. The molecule has 0 heterocycles. The van der Waals surface area contributed by atoms with Crippen LogP contribution in [0.5, 0.6) is 0 Å². The molecule has 11 nitrogen and oxygen atoms in total. The van der Waals surface area contributed by atoms with Gasteiger partial charge in [0, 0.05) is 20.0 Å². The van der Waals surface area contributed by atoms with E-state index in [1.807, 2.05) is 0 Å². The smallest absolute Gasteiger partial charge is 0.320 e. The normalized spacial score (nSPS) is 11.6. The van der Waals surface area contributed by atoms with E-state index in [1.165, 1.54) is 77.0 Å². The largest absolute Gasteiger partial charge is 0.466 e. The van der Waals surface area contributed by atoms with Gasteiger partial charge in [-0.25, -0.2) is 0 Å². The number of carbonyl (C=O) groups excluding carboxylic acids is 3. The lowest BCUT2D eigenvalue weighted by Gasteiger charge is -2.23. The van der Waals surface area contributed by atoms with Crippen LogP contribution in [0, 0.1) is 11.8 Å². The average Bonchev–Trinajstić information content (AvgIpc) is 3.30. The highest BCUT2D eigenvalue weighted by molar-refractivity contribution is 5.94. The van der Waals surface area contributed by atoms with E-state index >= 15 is 0 Å². The number of nitrogens with one attached hydrogen (secondary N) is 2. The summed E-state index contributed by atoms with van der Waals surface area (Å²) in [6.07, 6.45) is 35.2. The molecule has 0 aliphatic heterocycles. The van der Waals surface area contributed by atoms with Gasteiger partial charge in [0.25, 0.3) is 10.9 Å². The summed E-state index contributed by atoms with van der Waals surface area (Å²) in [6.45, 7) is 13.3. The first-order chi connectivity index (χ1) is 31.7. The maximum Gasteiger partial charge on any atom is 0.320 e. The van der Waals surface area contributed by atoms with Crippen LogP contribution >= 0.6 is 0 Å². The lowest BCUT2D eigenvalue weighted by molar-refractivity contribution is -0.162. The first kappa shape index (κ1) is 60.1. The molecular weight excluding hydrogens is 819 g/mol. The molecule has 0 saturated carbocycles. The van der Waals surface area contributed by atoms with Gasteiger partial charge < -0.3 is 29.7 Å². The number of unbranched alkanes of at least 4 members (excludes halogenated alkanes) is 22. The number of rotatable bonds is 48. The number of anilines is 2. The standard InChI is InChI=1S/C54H99N3O8/c1-6-10-14-18-20-26-35-46(36-27-21-19-15-11-7-2)45-48(58)63-42-33-25-24-30-40-57(41-34-38-56-50-49(55-5)51(59)52(50)60)39-29-23-22-28-37-47(53(61)64-43-31-16-12-8-3)54(62)65-44-32-17-13-9-4/h46-47,55-56H,6-45H2,1-5H3. The molecule has 0 unspecified atom stereocenters. The zero-order valence-corrected chi connectivity index (χ0v) is 42.7. The second-order valence-electron chi connectivity index (χ2n) is 18.8. The highest BCUT2D eigenvalue weighted by atomic mass is 16.6. The van der Waals surface area contributed by atoms with Crippen LogP contribution in [0.25, 0.3) is 0 Å². The van der Waals surface area contributed by atoms with Crippen molar-refractivity contribution in [2.45, 2.75) is 240 Å². The minimum absolute atomic E-state index is 0.0247. The summed E-state index contributed by atoms with van der Waals surface area (Å²) in [6, 6.07) is 0. The van der Waals surface area contributed by atoms with Crippen LogP contribution in [-0.4, -0.2) is 75.9 Å². The van der Waals surface area contributed by atoms with Gasteiger partial charge in [-0.1, -0.05) is 175 Å². The molecule has 0 atom stereocenters. The molecule has 0 saturated heterocycles. The zero-order chi connectivity index (χ0) is 47.6. The maximum absolute atomic E-state index is 13.0. The Balaban J connectivity index is 2.59. The molecular formula is C54H99N3O8. The number of hydrogen-bond donors (Lipinski definition) is 2. The molecule has 1 rings (SSSR count). The van der Waals surface area contributed by atoms with E-state index in [0.717, 1.165) is 142 Å². The first-order valence-corrected chi connectivity index (χ1v) is 27.2. The van der Waals surface area contributed by atoms with Gasteiger partial charge in [0.15, 0.2) is 5.92 Å². The molecule has 378 valence electrons. The van der Waals surface area contributed by atoms with Crippen molar-refractivity contribution >= 4 is 29.3 Å². The van der Waals surface area contributed by atoms with Gasteiger partial charge in [0.1, 0.15) is 11.4 Å². The summed E-state index contributed by atoms with van der Waals surface area (Å²) < 4.78 is 16.9. The maximum atomic E-state index is 13.0. The van der Waals surface area contributed by atoms with Crippen LogP contribution in [0.2, 0.25) is 0 Å². The summed E-state index contributed by atoms with van der Waals surface area (Å²) in [5.41, 5.74) is -0.176. The summed E-state index contributed by atoms with van der Waals surface area (Å²) in [5.74, 6) is -1.34. The second kappa shape index (κ2) is 42.4. The molecule has 1 aromatic carbocycles. The fourth-order valence-electron chi connectivity index (χ4n) is 8.67. The zero-order valence-electron chi connectivity index (χ0n) is 42.7. The Kier molecular flexibility index (Phi) is 39.2. The van der Waals surface area contributed by atoms with Crippen LogP contribution in [0.4, 0.5) is 11.4 Å². The minimum atomic E-state index is -0.863. The van der Waals surface area contributed by atoms with Gasteiger partial charge in [0.05, 0.1) is 19.8 Å². The third-order valence-corrected chi connectivity index (χ3v) is 12.9. The number of esters is 3. The van der Waals surface area contributed by atoms with Crippen LogP contribution in [0.3, 0.4) is 0 Å². The molecule has 0 aliphatic rings. The van der Waals surface area contributed by atoms with Crippen molar-refractivity contribution in [2.24, 2.45) is 11.8 Å². The molecule has 0 fully saturated rings. The summed E-state index contributed by atoms with van der Waals surface area (Å²) in [7, 11) is 1.65. The van der Waals surface area contributed by atoms with E-state index in [2.05, 4.69) is 43.2 Å². The molecule has 2 N–H and O–H groups in total. The van der Waals surface area contributed by atoms with Gasteiger partial charge >= 0.3 is 17.9 Å². The van der Waals surface area contributed by atoms with Gasteiger partial charge in [0.2, 0.25) is 0 Å². The Morgan fingerprint density at radius 1 is 0.462 bits per heavy atom. The van der Waals surface area contributed by atoms with Crippen molar-refractivity contribution in [2.75, 3.05) is 63.7 Å². The van der Waals surface area contributed by atoms with Crippen molar-refractivity contribution < 1.29 is 28.6 Å². The molecule has 65 heavy (non-hydrogen) atoms. The third kappa shape index (κ3) is 30.9. The fraction of sp³-hybridized carbons (Fsp3) is 0.870. The van der Waals surface area contributed by atoms with Crippen LogP contribution in [-0.2, 0) is 28.6 Å². The summed E-state index contributed by atoms with van der Waals surface area (Å²) >= 11 is 0. The Morgan fingerprint density at radius 3 is 1.34 bits per heavy atom. The van der Waals surface area contributed by atoms with E-state index in [-0.39, 0.29) is 5.97 Å². The highest BCUT2D eigenvalue weighted by Crippen LogP contribution is 2.23. The predicted octanol–water partition coefficient (Wildman–Crippen LogP) is 12.9. The van der Waals surface area contributed by atoms with E-state index in [0.29, 0.717) is 56.5 Å². The van der Waals surface area contributed by atoms with Crippen molar-refractivity contribution in [3.8, 4) is 0 Å². The molecule has 0 bridgehead atoms. The van der Waals surface area contributed by atoms with Crippen molar-refractivity contribution in [1.82, 2.24) is 4.90 Å². The third-order valence-electron chi connectivity index (χ3n) is 12.9. The van der Waals surface area contributed by atoms with Crippen molar-refractivity contribution in [1.29, 1.82) is 0 Å². The minimum Gasteiger partial charge on any atom is -0.466 e. The van der Waals surface area contributed by atoms with Gasteiger partial charge in [-0.15, -0.1) is 0 Å². The molecule has 1 aromatic rings. The molecule has 0 radical (unpaired) electrons. The molecule has 0 amide bonds. The highest BCUT2D eigenvalue weighted by Gasteiger charge is 2.29. The van der Waals surface area contributed by atoms with E-state index in [1.54, 1.807) is 7.05 Å². The Hall–Kier alpha value is -2.95. The molecule has 0 aliphatic carbocycles. The molecule has 0 spiro atoms. The van der Waals surface area contributed by atoms with Gasteiger partial charge in [-0.3, -0.25) is 24.0 Å². The predicted molar refractivity (Wildman–Crippen MR) is 271 cm³/mol. The van der Waals surface area contributed by atoms with Gasteiger partial charge in [-0.2, -0.15) is 0 Å². The van der Waals surface area contributed by atoms with Crippen LogP contribution < -0.4 is 21.5 Å². The van der Waals surface area contributed by atoms with Crippen LogP contribution in [0.15, 0.2) is 9.59 Å². The van der Waals surface area contributed by atoms with Crippen molar-refractivity contribution in [3.63, 3.8) is 0 Å². The SMILES string of the molecule is CCCCCCCCC(CCCCCCCC)CC(=O)OCCCCCCN(CCCCCCC(C(=O)OCCCCCC)C(=O)OCCCCCC)CCCNc1c(NC)c(=O)c1=O. The molecule has 11 heteroatoms. The number of carbonyl (C=O) groups is 3. The van der Waals surface area contributed by atoms with Crippen molar-refractivity contribution in [3.05, 3.63) is 20.4 Å². The van der Waals surface area contributed by atoms with E-state index < -0.39 is 28.7 Å². The lowest BCUT2D eigenvalue weighted by Crippen LogP contribution is -2.37. The second-order valence-corrected chi connectivity index (χ2v) is 18.8. The topological polar surface area (TPSA) is 140 Å². The summed E-state index contributed by atoms with van der Waals surface area (Å²) in [5, 5.41) is 5.99. The van der Waals surface area contributed by atoms with Crippen LogP contribution in [0.1, 0.15) is 240 Å². The lowest BCUT2D eigenvalue weighted by atomic mass is 9.91. The molecule has 0 aromatic heterocycles. The fourth-order valence-corrected chi connectivity index (χ4v) is 8.67. The Labute approximate surface area is 397 Å². The monoisotopic (exact) mass is 918 g/mol. The number of nitrogens with zero attached hydrogens (tertiary/aromatic N) is 1. The first-order valence-electron chi connectivity index (χ1n) is 27.2. The average molecular weight is 918 g/mol. The number of hydrogen-bond acceptors (Lipinski definition) is 11. The Morgan fingerprint density at radius 2 is 0.846 bits per heavy atom. The number of ether oxygens (including phenoxy) is 3.